The zero-order valence-corrected chi connectivity index (χ0v) is 18.2. The highest BCUT2D eigenvalue weighted by Crippen LogP contribution is 2.30. The summed E-state index contributed by atoms with van der Waals surface area (Å²) in [6.45, 7) is 4.25. The summed E-state index contributed by atoms with van der Waals surface area (Å²) < 4.78 is 5.18. The number of hydrogen-bond acceptors (Lipinski definition) is 5. The summed E-state index contributed by atoms with van der Waals surface area (Å²) in [6, 6.07) is 9.26. The molecule has 0 saturated carbocycles. The Balaban J connectivity index is 1.50. The van der Waals surface area contributed by atoms with Crippen LogP contribution in [0.25, 0.3) is 22.2 Å². The van der Waals surface area contributed by atoms with E-state index in [0.29, 0.717) is 48.9 Å². The van der Waals surface area contributed by atoms with Crippen LogP contribution in [0.5, 0.6) is 0 Å². The van der Waals surface area contributed by atoms with Crippen molar-refractivity contribution < 1.29 is 14.3 Å². The number of halogens is 1. The van der Waals surface area contributed by atoms with Gasteiger partial charge in [-0.25, -0.2) is 9.78 Å². The second kappa shape index (κ2) is 9.02. The van der Waals surface area contributed by atoms with E-state index in [2.05, 4.69) is 0 Å². The quantitative estimate of drug-likeness (QED) is 0.574. The Kier molecular flexibility index (Phi) is 6.20. The minimum atomic E-state index is -0.311. The number of carbonyl (C=O) groups is 2. The number of piperazine rings is 1. The van der Waals surface area contributed by atoms with Crippen molar-refractivity contribution in [1.82, 2.24) is 14.8 Å². The average Bonchev–Trinajstić information content (AvgIpc) is 3.31. The number of carbonyl (C=O) groups excluding carboxylic acids is 2. The van der Waals surface area contributed by atoms with Gasteiger partial charge in [0.25, 0.3) is 5.91 Å². The predicted octanol–water partition coefficient (Wildman–Crippen LogP) is 4.92. The van der Waals surface area contributed by atoms with Gasteiger partial charge >= 0.3 is 6.09 Å². The molecule has 8 heteroatoms. The number of aromatic nitrogens is 1. The van der Waals surface area contributed by atoms with Crippen LogP contribution in [-0.2, 0) is 4.74 Å². The number of hydrogen-bond donors (Lipinski definition) is 0. The summed E-state index contributed by atoms with van der Waals surface area (Å²) in [4.78, 5) is 33.1. The van der Waals surface area contributed by atoms with Crippen LogP contribution >= 0.6 is 22.9 Å². The van der Waals surface area contributed by atoms with E-state index in [0.717, 1.165) is 23.1 Å². The van der Waals surface area contributed by atoms with Gasteiger partial charge in [0.15, 0.2) is 0 Å². The highest BCUT2D eigenvalue weighted by Gasteiger charge is 2.26. The Morgan fingerprint density at radius 3 is 2.60 bits per heavy atom. The second-order valence-corrected chi connectivity index (χ2v) is 8.31. The molecule has 3 aromatic rings. The van der Waals surface area contributed by atoms with Gasteiger partial charge in [0.05, 0.1) is 22.8 Å². The lowest BCUT2D eigenvalue weighted by molar-refractivity contribution is 0.0560. The summed E-state index contributed by atoms with van der Waals surface area (Å²) in [6.07, 6.45) is 0.479. The molecule has 1 aromatic carbocycles. The van der Waals surface area contributed by atoms with Crippen LogP contribution in [-0.4, -0.2) is 59.6 Å². The minimum Gasteiger partial charge on any atom is -0.449 e. The summed E-state index contributed by atoms with van der Waals surface area (Å²) in [5.74, 6) is -0.0719. The van der Waals surface area contributed by atoms with Crippen molar-refractivity contribution in [2.24, 2.45) is 0 Å². The molecular weight excluding hydrogens is 422 g/mol. The van der Waals surface area contributed by atoms with E-state index in [9.17, 15) is 9.59 Å². The van der Waals surface area contributed by atoms with Crippen molar-refractivity contribution in [3.63, 3.8) is 0 Å². The van der Waals surface area contributed by atoms with Gasteiger partial charge in [-0.1, -0.05) is 24.6 Å². The number of thiophene rings is 1. The Morgan fingerprint density at radius 2 is 1.90 bits per heavy atom. The van der Waals surface area contributed by atoms with Crippen molar-refractivity contribution in [1.29, 1.82) is 0 Å². The first-order chi connectivity index (χ1) is 14.6. The Labute approximate surface area is 184 Å². The largest absolute Gasteiger partial charge is 0.449 e. The topological polar surface area (TPSA) is 62.7 Å². The minimum absolute atomic E-state index is 0.0719. The molecule has 1 fully saturated rings. The predicted molar refractivity (Wildman–Crippen MR) is 119 cm³/mol. The summed E-state index contributed by atoms with van der Waals surface area (Å²) in [7, 11) is 0. The highest BCUT2D eigenvalue weighted by atomic mass is 35.5. The Hall–Kier alpha value is -2.64. The van der Waals surface area contributed by atoms with Crippen molar-refractivity contribution in [3.8, 4) is 11.3 Å². The Morgan fingerprint density at radius 1 is 1.13 bits per heavy atom. The fourth-order valence-electron chi connectivity index (χ4n) is 3.43. The molecule has 0 unspecified atom stereocenters. The summed E-state index contributed by atoms with van der Waals surface area (Å²) in [5.41, 5.74) is 3.05. The molecule has 1 saturated heterocycles. The van der Waals surface area contributed by atoms with Gasteiger partial charge in [-0.15, -0.1) is 0 Å². The number of amides is 2. The van der Waals surface area contributed by atoms with Crippen molar-refractivity contribution in [2.45, 2.75) is 13.3 Å². The molecule has 0 aliphatic carbocycles. The van der Waals surface area contributed by atoms with E-state index in [1.165, 1.54) is 0 Å². The van der Waals surface area contributed by atoms with Crippen LogP contribution in [0.2, 0.25) is 5.02 Å². The SMILES string of the molecule is CCCOC(=O)N1CCN(C(=O)c2ccc3c(Cl)cc(-c4ccsc4)nc3c2)CC1. The van der Waals surface area contributed by atoms with Gasteiger partial charge in [-0.2, -0.15) is 11.3 Å². The van der Waals surface area contributed by atoms with Crippen LogP contribution in [0.15, 0.2) is 41.1 Å². The molecule has 2 amide bonds. The molecule has 1 aliphatic heterocycles. The molecule has 0 N–H and O–H groups in total. The van der Waals surface area contributed by atoms with Gasteiger partial charge in [0.1, 0.15) is 0 Å². The molecule has 0 bridgehead atoms. The molecule has 3 heterocycles. The maximum Gasteiger partial charge on any atom is 0.409 e. The lowest BCUT2D eigenvalue weighted by atomic mass is 10.1. The summed E-state index contributed by atoms with van der Waals surface area (Å²) in [5, 5.41) is 5.44. The third-order valence-electron chi connectivity index (χ3n) is 5.08. The standard InChI is InChI=1S/C22H22ClN3O3S/c1-2-10-29-22(28)26-8-6-25(7-9-26)21(27)15-3-4-17-18(23)13-19(24-20(17)12-15)16-5-11-30-14-16/h3-5,11-14H,2,6-10H2,1H3. The molecule has 0 atom stereocenters. The van der Waals surface area contributed by atoms with E-state index >= 15 is 0 Å². The zero-order chi connectivity index (χ0) is 21.1. The van der Waals surface area contributed by atoms with Crippen LogP contribution in [0.1, 0.15) is 23.7 Å². The number of pyridine rings is 1. The molecule has 30 heavy (non-hydrogen) atoms. The molecule has 156 valence electrons. The lowest BCUT2D eigenvalue weighted by Gasteiger charge is -2.34. The monoisotopic (exact) mass is 443 g/mol. The Bertz CT molecular complexity index is 1060. The first-order valence-electron chi connectivity index (χ1n) is 9.90. The van der Waals surface area contributed by atoms with Gasteiger partial charge < -0.3 is 14.5 Å². The number of benzene rings is 1. The molecule has 6 nitrogen and oxygen atoms in total. The molecule has 2 aromatic heterocycles. The van der Waals surface area contributed by atoms with E-state index < -0.39 is 0 Å². The molecule has 0 spiro atoms. The second-order valence-electron chi connectivity index (χ2n) is 7.13. The van der Waals surface area contributed by atoms with Gasteiger partial charge in [-0.05, 0) is 36.1 Å². The maximum absolute atomic E-state index is 13.0. The first kappa shape index (κ1) is 20.6. The highest BCUT2D eigenvalue weighted by molar-refractivity contribution is 7.08. The van der Waals surface area contributed by atoms with E-state index in [4.69, 9.17) is 21.3 Å². The normalized spacial score (nSPS) is 14.2. The van der Waals surface area contributed by atoms with Crippen LogP contribution in [0, 0.1) is 0 Å². The van der Waals surface area contributed by atoms with Crippen LogP contribution < -0.4 is 0 Å². The number of rotatable bonds is 4. The molecule has 0 radical (unpaired) electrons. The van der Waals surface area contributed by atoms with E-state index in [1.54, 1.807) is 33.3 Å². The van der Waals surface area contributed by atoms with Gasteiger partial charge in [-0.3, -0.25) is 4.79 Å². The molecule has 1 aliphatic rings. The summed E-state index contributed by atoms with van der Waals surface area (Å²) >= 11 is 8.06. The fourth-order valence-corrected chi connectivity index (χ4v) is 4.35. The fraction of sp³-hybridized carbons (Fsp3) is 0.318. The van der Waals surface area contributed by atoms with Crippen LogP contribution in [0.4, 0.5) is 4.79 Å². The number of ether oxygens (including phenoxy) is 1. The average molecular weight is 444 g/mol. The first-order valence-corrected chi connectivity index (χ1v) is 11.2. The smallest absolute Gasteiger partial charge is 0.409 e. The molecular formula is C22H22ClN3O3S. The zero-order valence-electron chi connectivity index (χ0n) is 16.6. The molecule has 4 rings (SSSR count). The third-order valence-corrected chi connectivity index (χ3v) is 6.07. The third kappa shape index (κ3) is 4.27. The van der Waals surface area contributed by atoms with Crippen LogP contribution in [0.3, 0.4) is 0 Å². The van der Waals surface area contributed by atoms with Crippen molar-refractivity contribution in [3.05, 3.63) is 51.7 Å². The van der Waals surface area contributed by atoms with Gasteiger partial charge in [0, 0.05) is 48.1 Å². The van der Waals surface area contributed by atoms with Crippen molar-refractivity contribution >= 4 is 45.8 Å². The van der Waals surface area contributed by atoms with E-state index in [1.807, 2.05) is 35.9 Å². The van der Waals surface area contributed by atoms with E-state index in [-0.39, 0.29) is 12.0 Å². The number of fused-ring (bicyclic) bond motifs is 1. The van der Waals surface area contributed by atoms with Crippen molar-refractivity contribution in [2.75, 3.05) is 32.8 Å². The lowest BCUT2D eigenvalue weighted by Crippen LogP contribution is -2.50. The maximum atomic E-state index is 13.0. The number of nitrogens with zero attached hydrogens (tertiary/aromatic N) is 3. The van der Waals surface area contributed by atoms with Gasteiger partial charge in [0.2, 0.25) is 0 Å².